The summed E-state index contributed by atoms with van der Waals surface area (Å²) >= 11 is 0. The van der Waals surface area contributed by atoms with Crippen molar-refractivity contribution < 1.29 is 41.2 Å². The van der Waals surface area contributed by atoms with Crippen molar-refractivity contribution in [3.8, 4) is 0 Å². The van der Waals surface area contributed by atoms with Crippen molar-refractivity contribution >= 4 is 115 Å². The molecule has 0 bridgehead atoms. The zero-order chi connectivity index (χ0) is 44.4. The summed E-state index contributed by atoms with van der Waals surface area (Å²) in [5.41, 5.74) is 0. The van der Waals surface area contributed by atoms with Crippen LogP contribution in [0.15, 0.2) is 0 Å². The van der Waals surface area contributed by atoms with Gasteiger partial charge in [-0.15, -0.1) is 0 Å². The van der Waals surface area contributed by atoms with Gasteiger partial charge in [0, 0.05) is 22.0 Å². The Balaban J connectivity index is 7.28. The number of hydrogen-bond donors (Lipinski definition) is 0. The molecule has 0 N–H and O–H groups in total. The smallest absolute Gasteiger partial charge is 0.420 e. The van der Waals surface area contributed by atoms with Crippen molar-refractivity contribution in [1.82, 2.24) is 0 Å². The lowest BCUT2D eigenvalue weighted by molar-refractivity contribution is 0.154. The first-order valence-corrected chi connectivity index (χ1v) is 47.5. The molecule has 0 aromatic rings. The quantitative estimate of drug-likeness (QED) is 0.100. The van der Waals surface area contributed by atoms with E-state index in [9.17, 15) is 0 Å². The normalized spacial score (nSPS) is 18.8. The molecule has 0 aliphatic heterocycles. The van der Waals surface area contributed by atoms with Gasteiger partial charge in [-0.3, -0.25) is 0 Å². The van der Waals surface area contributed by atoms with Gasteiger partial charge < -0.3 is 41.2 Å². The van der Waals surface area contributed by atoms with Crippen LogP contribution in [-0.4, -0.2) is 125 Å². The van der Waals surface area contributed by atoms with Crippen LogP contribution >= 0.6 is 0 Å². The summed E-state index contributed by atoms with van der Waals surface area (Å²) in [4.78, 5) is 0. The van der Waals surface area contributed by atoms with Gasteiger partial charge in [-0.25, -0.2) is 0 Å². The summed E-state index contributed by atoms with van der Waals surface area (Å²) < 4.78 is 136. The van der Waals surface area contributed by atoms with Crippen molar-refractivity contribution in [2.45, 2.75) is 155 Å². The Morgan fingerprint density at radius 2 is 0.532 bits per heavy atom. The van der Waals surface area contributed by atoms with Crippen molar-refractivity contribution in [2.24, 2.45) is 0 Å². The molecule has 0 saturated carbocycles. The van der Waals surface area contributed by atoms with Crippen LogP contribution in [0.5, 0.6) is 0 Å². The predicted molar refractivity (Wildman–Crippen MR) is 233 cm³/mol. The topological polar surface area (TPSA) is 92.3 Å². The Bertz CT molecular complexity index is 1040. The molecule has 0 atom stereocenters. The molecule has 10 nitrogen and oxygen atoms in total. The standard InChI is InChI=1S/C24H76O10Si13/c1-35(2)25-45(26-36(3)4,27-37(5)6)23-21-43(17,18)33-47(31-41(13)14,32-42(15)16)34-44(19,20)22-24-46(28-38(7)8,29-39(9)10)30-40(11)12/h35-42H,21-24H2,1-20H3/i35T,36T,37T,38T,39T,40T,41T,42T. The van der Waals surface area contributed by atoms with Crippen LogP contribution in [-0.2, 0) is 41.2 Å². The van der Waals surface area contributed by atoms with Crippen LogP contribution in [0.3, 0.4) is 0 Å². The molecule has 0 saturated heterocycles. The van der Waals surface area contributed by atoms with E-state index >= 15 is 0 Å². The van der Waals surface area contributed by atoms with Crippen LogP contribution in [0.25, 0.3) is 0 Å². The molecule has 0 fully saturated rings. The minimum atomic E-state index is -4.32. The molecule has 0 heterocycles. The highest BCUT2D eigenvalue weighted by Gasteiger charge is 2.56. The van der Waals surface area contributed by atoms with E-state index in [2.05, 4.69) is 0 Å². The SMILES string of the molecule is [3H][Si](C)(C)O[Si](CC[Si](C)(C)O[Si](O[Si]([3H])(C)C)(O[Si]([3H])(C)C)O[Si](C)(C)CC[Si](O[Si]([3H])(C)C)(O[Si]([3H])(C)C)O[Si]([3H])(C)C)(O[Si]([3H])(C)C)O[Si]([3H])(C)C. The summed E-state index contributed by atoms with van der Waals surface area (Å²) in [6.07, 6.45) is 0. The maximum absolute atomic E-state index is 9.00. The predicted octanol–water partition coefficient (Wildman–Crippen LogP) is 5.74. The lowest BCUT2D eigenvalue weighted by atomic mass is 10.9. The second-order valence-corrected chi connectivity index (χ2v) is 50.1. The van der Waals surface area contributed by atoms with Gasteiger partial charge in [0.15, 0.2) is 88.4 Å². The zero-order valence-electron chi connectivity index (χ0n) is 41.4. The molecule has 0 aliphatic carbocycles. The Morgan fingerprint density at radius 1 is 0.340 bits per heavy atom. The van der Waals surface area contributed by atoms with E-state index in [-0.39, 0.29) is 12.1 Å². The molecule has 0 unspecified atom stereocenters. The molecule has 0 spiro atoms. The lowest BCUT2D eigenvalue weighted by Crippen LogP contribution is -2.63. The van der Waals surface area contributed by atoms with E-state index < -0.39 is 115 Å². The van der Waals surface area contributed by atoms with E-state index in [0.29, 0.717) is 12.1 Å². The maximum atomic E-state index is 9.00. The first-order chi connectivity index (χ1) is 23.5. The summed E-state index contributed by atoms with van der Waals surface area (Å²) in [5.74, 6) is 0. The first kappa shape index (κ1) is 36.4. The van der Waals surface area contributed by atoms with E-state index in [1.807, 2.05) is 26.2 Å². The van der Waals surface area contributed by atoms with Gasteiger partial charge in [-0.2, -0.15) is 0 Å². The molecule has 0 rings (SSSR count). The van der Waals surface area contributed by atoms with E-state index in [0.717, 1.165) is 0 Å². The average Bonchev–Trinajstić information content (AvgIpc) is 2.71. The molecule has 0 radical (unpaired) electrons. The summed E-state index contributed by atoms with van der Waals surface area (Å²) in [7, 11) is -42.6. The highest BCUT2D eigenvalue weighted by molar-refractivity contribution is 6.90. The average molecular weight is 906 g/mol. The van der Waals surface area contributed by atoms with Crippen LogP contribution in [0.4, 0.5) is 0 Å². The van der Waals surface area contributed by atoms with Crippen molar-refractivity contribution in [2.75, 3.05) is 0 Å². The Morgan fingerprint density at radius 3 is 0.702 bits per heavy atom. The van der Waals surface area contributed by atoms with Crippen molar-refractivity contribution in [1.29, 1.82) is 9.88 Å². The number of hydrogen-bond acceptors (Lipinski definition) is 10. The zero-order valence-corrected chi connectivity index (χ0v) is 46.4. The summed E-state index contributed by atoms with van der Waals surface area (Å²) in [6.45, 7) is 35.2. The summed E-state index contributed by atoms with van der Waals surface area (Å²) in [5, 5.41) is 0. The minimum Gasteiger partial charge on any atom is -0.420 e. The van der Waals surface area contributed by atoms with Gasteiger partial charge in [0.05, 0.1) is 0 Å². The molecule has 284 valence electrons. The van der Waals surface area contributed by atoms with Crippen molar-refractivity contribution in [3.05, 3.63) is 0 Å². The third kappa shape index (κ3) is 22.3. The second-order valence-electron chi connectivity index (χ2n) is 14.7. The van der Waals surface area contributed by atoms with Gasteiger partial charge >= 0.3 is 26.7 Å². The van der Waals surface area contributed by atoms with E-state index in [1.54, 1.807) is 105 Å². The molecule has 0 aromatic carbocycles. The fraction of sp³-hybridized carbons (Fsp3) is 1.00. The first-order valence-electron chi connectivity index (χ1n) is 20.5. The monoisotopic (exact) mass is 904 g/mol. The highest BCUT2D eigenvalue weighted by Crippen LogP contribution is 2.34. The van der Waals surface area contributed by atoms with Crippen LogP contribution in [0.1, 0.15) is 0 Å². The molecular weight excluding hydrogens is 813 g/mol. The van der Waals surface area contributed by atoms with Gasteiger partial charge in [0.25, 0.3) is 0 Å². The third-order valence-electron chi connectivity index (χ3n) is 5.69. The lowest BCUT2D eigenvalue weighted by Gasteiger charge is -2.43. The second kappa shape index (κ2) is 22.0. The van der Waals surface area contributed by atoms with Crippen LogP contribution in [0.2, 0.25) is 155 Å². The highest BCUT2D eigenvalue weighted by atomic mass is 28.5. The molecule has 0 amide bonds. The van der Waals surface area contributed by atoms with E-state index in [1.165, 1.54) is 0 Å². The summed E-state index contributed by atoms with van der Waals surface area (Å²) in [6, 6.07) is 1.11. The van der Waals surface area contributed by atoms with Gasteiger partial charge in [-0.05, 0) is 143 Å². The van der Waals surface area contributed by atoms with Gasteiger partial charge in [0.2, 0.25) is 0 Å². The van der Waals surface area contributed by atoms with Crippen LogP contribution in [0, 0.1) is 0 Å². The Labute approximate surface area is 319 Å². The van der Waals surface area contributed by atoms with Crippen molar-refractivity contribution in [3.63, 3.8) is 0 Å². The minimum absolute atomic E-state index is 0.202. The largest absolute Gasteiger partial charge is 0.636 e. The Hall–Kier alpha value is 2.42. The fourth-order valence-corrected chi connectivity index (χ4v) is 46.0. The van der Waals surface area contributed by atoms with Gasteiger partial charge in [0.1, 0.15) is 0 Å². The third-order valence-corrected chi connectivity index (χ3v) is 40.3. The molecule has 0 aromatic heterocycles. The molecular formula is C24H76O10Si13. The van der Waals surface area contributed by atoms with E-state index in [4.69, 9.17) is 51.0 Å². The van der Waals surface area contributed by atoms with Gasteiger partial charge in [-0.1, -0.05) is 0 Å². The fourth-order valence-electron chi connectivity index (χ4n) is 4.61. The van der Waals surface area contributed by atoms with Crippen LogP contribution < -0.4 is 0 Å². The molecule has 47 heavy (non-hydrogen) atoms. The maximum Gasteiger partial charge on any atom is 0.636 e. The number of rotatable bonds is 26. The molecule has 0 aliphatic rings. The Kier molecular flexibility index (Phi) is 17.0. The molecule has 23 heteroatoms.